The largest absolute Gasteiger partial charge is 0.466 e. The zero-order valence-electron chi connectivity index (χ0n) is 21.3. The van der Waals surface area contributed by atoms with Crippen LogP contribution in [0, 0.1) is 5.92 Å². The molecule has 0 amide bonds. The summed E-state index contributed by atoms with van der Waals surface area (Å²) in [6.45, 7) is 7.00. The maximum Gasteiger partial charge on any atom is 0.309 e. The molecule has 0 atom stereocenters. The van der Waals surface area contributed by atoms with E-state index in [0.717, 1.165) is 5.56 Å². The lowest BCUT2D eigenvalue weighted by atomic mass is 9.98. The summed E-state index contributed by atoms with van der Waals surface area (Å²) in [6.07, 6.45) is 2.66. The molecule has 0 unspecified atom stereocenters. The predicted molar refractivity (Wildman–Crippen MR) is 147 cm³/mol. The van der Waals surface area contributed by atoms with E-state index in [-0.39, 0.29) is 16.8 Å². The highest BCUT2D eigenvalue weighted by molar-refractivity contribution is 7.89. The van der Waals surface area contributed by atoms with Crippen LogP contribution in [0.15, 0.2) is 63.9 Å². The van der Waals surface area contributed by atoms with E-state index in [1.807, 2.05) is 23.6 Å². The summed E-state index contributed by atoms with van der Waals surface area (Å²) in [5.41, 5.74) is 6.59. The number of nitrogens with zero attached hydrogens (tertiary/aromatic N) is 3. The second-order valence-corrected chi connectivity index (χ2v) is 12.0. The third-order valence-corrected chi connectivity index (χ3v) is 8.96. The Morgan fingerprint density at radius 1 is 1.22 bits per heavy atom. The third-order valence-electron chi connectivity index (χ3n) is 6.32. The van der Waals surface area contributed by atoms with Gasteiger partial charge in [0.15, 0.2) is 0 Å². The Labute approximate surface area is 222 Å². The number of carbonyl (C=O) groups excluding carboxylic acids is 1. The topological polar surface area (TPSA) is 101 Å². The molecule has 196 valence electrons. The minimum Gasteiger partial charge on any atom is -0.466 e. The highest BCUT2D eigenvalue weighted by Crippen LogP contribution is 2.29. The molecule has 0 saturated carbocycles. The summed E-state index contributed by atoms with van der Waals surface area (Å²) in [5.74, 6) is -0.0153. The summed E-state index contributed by atoms with van der Waals surface area (Å²) in [7, 11) is -3.68. The van der Waals surface area contributed by atoms with Crippen molar-refractivity contribution in [3.63, 3.8) is 0 Å². The Morgan fingerprint density at radius 2 is 1.95 bits per heavy atom. The van der Waals surface area contributed by atoms with E-state index < -0.39 is 10.0 Å². The molecule has 1 aliphatic heterocycles. The second-order valence-electron chi connectivity index (χ2n) is 9.19. The van der Waals surface area contributed by atoms with Crippen molar-refractivity contribution in [2.75, 3.05) is 25.1 Å². The number of thiazole rings is 1. The number of hydrogen-bond donors (Lipinski definition) is 1. The van der Waals surface area contributed by atoms with Crippen LogP contribution in [0.2, 0.25) is 0 Å². The average Bonchev–Trinajstić information content (AvgIpc) is 3.38. The first-order chi connectivity index (χ1) is 17.8. The summed E-state index contributed by atoms with van der Waals surface area (Å²) in [4.78, 5) is 16.8. The fourth-order valence-electron chi connectivity index (χ4n) is 4.14. The van der Waals surface area contributed by atoms with Crippen molar-refractivity contribution in [2.24, 2.45) is 11.0 Å². The molecule has 1 aliphatic rings. The van der Waals surface area contributed by atoms with E-state index in [1.54, 1.807) is 31.3 Å². The van der Waals surface area contributed by atoms with Crippen molar-refractivity contribution in [3.8, 4) is 11.3 Å². The number of benzene rings is 2. The molecule has 0 bridgehead atoms. The van der Waals surface area contributed by atoms with Crippen LogP contribution in [0.5, 0.6) is 0 Å². The van der Waals surface area contributed by atoms with Gasteiger partial charge in [-0.15, -0.1) is 11.3 Å². The van der Waals surface area contributed by atoms with Gasteiger partial charge >= 0.3 is 5.97 Å². The molecule has 0 spiro atoms. The molecule has 1 aromatic heterocycles. The first kappa shape index (κ1) is 27.0. The number of hydrogen-bond acceptors (Lipinski definition) is 8. The van der Waals surface area contributed by atoms with Crippen LogP contribution in [0.4, 0.5) is 5.13 Å². The lowest BCUT2D eigenvalue weighted by Crippen LogP contribution is -2.40. The number of hydrazone groups is 1. The quantitative estimate of drug-likeness (QED) is 0.223. The van der Waals surface area contributed by atoms with E-state index in [4.69, 9.17) is 4.74 Å². The fraction of sp³-hybridized carbons (Fsp3) is 0.370. The van der Waals surface area contributed by atoms with Crippen molar-refractivity contribution in [2.45, 2.75) is 44.4 Å². The number of rotatable bonds is 9. The highest BCUT2D eigenvalue weighted by Gasteiger charge is 2.32. The number of sulfonamides is 1. The Hall–Kier alpha value is -3.08. The average molecular weight is 541 g/mol. The normalized spacial score (nSPS) is 15.4. The summed E-state index contributed by atoms with van der Waals surface area (Å²) in [6, 6.07) is 15.0. The number of piperidine rings is 1. The number of anilines is 1. The van der Waals surface area contributed by atoms with Gasteiger partial charge in [-0.3, -0.25) is 10.2 Å². The lowest BCUT2D eigenvalue weighted by molar-refractivity contribution is -0.149. The van der Waals surface area contributed by atoms with Gasteiger partial charge in [0, 0.05) is 24.0 Å². The molecule has 1 N–H and O–H groups in total. The van der Waals surface area contributed by atoms with E-state index in [0.29, 0.717) is 54.8 Å². The summed E-state index contributed by atoms with van der Waals surface area (Å²) in [5, 5.41) is 6.76. The second kappa shape index (κ2) is 12.0. The zero-order valence-corrected chi connectivity index (χ0v) is 22.9. The minimum absolute atomic E-state index is 0.213. The van der Waals surface area contributed by atoms with Gasteiger partial charge in [-0.1, -0.05) is 50.2 Å². The van der Waals surface area contributed by atoms with Gasteiger partial charge in [-0.25, -0.2) is 13.4 Å². The van der Waals surface area contributed by atoms with Crippen molar-refractivity contribution >= 4 is 38.7 Å². The minimum atomic E-state index is -3.68. The van der Waals surface area contributed by atoms with Gasteiger partial charge in [-0.2, -0.15) is 9.41 Å². The Kier molecular flexibility index (Phi) is 8.73. The number of carbonyl (C=O) groups is 1. The van der Waals surface area contributed by atoms with Crippen LogP contribution < -0.4 is 5.43 Å². The lowest BCUT2D eigenvalue weighted by Gasteiger charge is -2.30. The first-order valence-electron chi connectivity index (χ1n) is 12.4. The van der Waals surface area contributed by atoms with Crippen LogP contribution >= 0.6 is 11.3 Å². The molecule has 1 fully saturated rings. The summed E-state index contributed by atoms with van der Waals surface area (Å²) < 4.78 is 33.1. The van der Waals surface area contributed by atoms with E-state index in [1.165, 1.54) is 21.2 Å². The van der Waals surface area contributed by atoms with Gasteiger partial charge in [0.05, 0.1) is 29.3 Å². The van der Waals surface area contributed by atoms with Gasteiger partial charge in [-0.05, 0) is 48.9 Å². The zero-order chi connectivity index (χ0) is 26.4. The molecule has 37 heavy (non-hydrogen) atoms. The number of nitrogens with one attached hydrogen (secondary N) is 1. The van der Waals surface area contributed by atoms with Crippen LogP contribution in [0.1, 0.15) is 50.7 Å². The van der Waals surface area contributed by atoms with E-state index in [2.05, 4.69) is 41.5 Å². The highest BCUT2D eigenvalue weighted by atomic mass is 32.2. The van der Waals surface area contributed by atoms with Crippen molar-refractivity contribution in [3.05, 3.63) is 65.0 Å². The molecule has 1 saturated heterocycles. The molecule has 3 aromatic rings. The first-order valence-corrected chi connectivity index (χ1v) is 14.7. The summed E-state index contributed by atoms with van der Waals surface area (Å²) >= 11 is 1.39. The number of ether oxygens (including phenoxy) is 1. The molecular weight excluding hydrogens is 508 g/mol. The van der Waals surface area contributed by atoms with E-state index >= 15 is 0 Å². The van der Waals surface area contributed by atoms with Crippen molar-refractivity contribution in [1.82, 2.24) is 9.29 Å². The molecular formula is C27H32N4O4S2. The van der Waals surface area contributed by atoms with Crippen LogP contribution in [0.25, 0.3) is 11.3 Å². The maximum atomic E-state index is 13.3. The molecule has 4 rings (SSSR count). The van der Waals surface area contributed by atoms with Gasteiger partial charge in [0.1, 0.15) is 0 Å². The van der Waals surface area contributed by atoms with Gasteiger partial charge < -0.3 is 4.74 Å². The number of aromatic nitrogens is 1. The molecule has 0 aliphatic carbocycles. The van der Waals surface area contributed by atoms with E-state index in [9.17, 15) is 13.2 Å². The Bertz CT molecular complexity index is 1340. The number of esters is 1. The smallest absolute Gasteiger partial charge is 0.309 e. The maximum absolute atomic E-state index is 13.3. The standard InChI is InChI=1S/C27H32N4O4S2/c1-4-35-26(32)22-12-14-31(15-13-22)37(33,34)24-7-5-6-23(16-24)25-18-36-27(29-25)30-28-17-20-8-10-21(11-9-20)19(2)3/h5-11,16-19,22H,4,12-15H2,1-3H3,(H,29,30)/b28-17+. The van der Waals surface area contributed by atoms with Crippen LogP contribution in [-0.2, 0) is 19.6 Å². The van der Waals surface area contributed by atoms with Crippen LogP contribution in [-0.4, -0.2) is 49.6 Å². The molecule has 2 aromatic carbocycles. The van der Waals surface area contributed by atoms with Crippen molar-refractivity contribution in [1.29, 1.82) is 0 Å². The van der Waals surface area contributed by atoms with Crippen LogP contribution in [0.3, 0.4) is 0 Å². The molecule has 0 radical (unpaired) electrons. The Balaban J connectivity index is 1.40. The molecule has 8 nitrogen and oxygen atoms in total. The SMILES string of the molecule is CCOC(=O)C1CCN(S(=O)(=O)c2cccc(-c3csc(N/N=C/c4ccc(C(C)C)cc4)n3)c2)CC1. The fourth-order valence-corrected chi connectivity index (χ4v) is 6.33. The van der Waals surface area contributed by atoms with Gasteiger partial charge in [0.2, 0.25) is 15.2 Å². The molecule has 2 heterocycles. The van der Waals surface area contributed by atoms with Crippen molar-refractivity contribution < 1.29 is 17.9 Å². The molecule has 10 heteroatoms. The van der Waals surface area contributed by atoms with Gasteiger partial charge in [0.25, 0.3) is 0 Å². The monoisotopic (exact) mass is 540 g/mol. The predicted octanol–water partition coefficient (Wildman–Crippen LogP) is 5.34. The Morgan fingerprint density at radius 3 is 2.62 bits per heavy atom. The third kappa shape index (κ3) is 6.63.